The smallest absolute Gasteiger partial charge is 0.309 e. The van der Waals surface area contributed by atoms with Crippen molar-refractivity contribution in [2.45, 2.75) is 45.1 Å². The second-order valence-electron chi connectivity index (χ2n) is 8.54. The highest BCUT2D eigenvalue weighted by atomic mass is 32.2. The third-order valence-electron chi connectivity index (χ3n) is 6.47. The summed E-state index contributed by atoms with van der Waals surface area (Å²) >= 11 is 0. The van der Waals surface area contributed by atoms with Crippen molar-refractivity contribution in [3.05, 3.63) is 41.2 Å². The molecule has 3 heterocycles. The standard InChI is InChI=1S/C24H30N2O7S/c1-4-26-16(2)13-20(17(26)3)21(27)15-33-24(28)18-7-9-25(10-8-18)34(29,30)19-5-6-22-23(14-19)32-12-11-31-22/h5-6,13-14,18H,4,7-12,15H2,1-3H3. The lowest BCUT2D eigenvalue weighted by molar-refractivity contribution is -0.148. The first kappa shape index (κ1) is 24.3. The number of rotatable bonds is 7. The predicted octanol–water partition coefficient (Wildman–Crippen LogP) is 2.72. The van der Waals surface area contributed by atoms with Gasteiger partial charge in [0.25, 0.3) is 0 Å². The largest absolute Gasteiger partial charge is 0.486 e. The summed E-state index contributed by atoms with van der Waals surface area (Å²) in [5.74, 6) is -0.204. The van der Waals surface area contributed by atoms with Crippen molar-refractivity contribution in [1.29, 1.82) is 0 Å². The van der Waals surface area contributed by atoms with Gasteiger partial charge in [-0.2, -0.15) is 4.31 Å². The van der Waals surface area contributed by atoms with Crippen LogP contribution < -0.4 is 9.47 Å². The van der Waals surface area contributed by atoms with E-state index >= 15 is 0 Å². The Balaban J connectivity index is 1.32. The van der Waals surface area contributed by atoms with Crippen LogP contribution in [0.2, 0.25) is 0 Å². The maximum Gasteiger partial charge on any atom is 0.309 e. The molecule has 2 aliphatic heterocycles. The third kappa shape index (κ3) is 4.69. The second kappa shape index (κ2) is 9.79. The van der Waals surface area contributed by atoms with Gasteiger partial charge in [-0.25, -0.2) is 8.42 Å². The van der Waals surface area contributed by atoms with Crippen LogP contribution in [0.4, 0.5) is 0 Å². The molecule has 34 heavy (non-hydrogen) atoms. The van der Waals surface area contributed by atoms with Gasteiger partial charge in [-0.1, -0.05) is 0 Å². The van der Waals surface area contributed by atoms with Gasteiger partial charge in [-0.05, 0) is 51.8 Å². The number of aromatic nitrogens is 1. The summed E-state index contributed by atoms with van der Waals surface area (Å²) in [6.07, 6.45) is 0.669. The van der Waals surface area contributed by atoms with Crippen LogP contribution in [0.5, 0.6) is 11.5 Å². The maximum atomic E-state index is 13.1. The molecule has 0 spiro atoms. The number of carbonyl (C=O) groups is 2. The molecular formula is C24H30N2O7S. The zero-order valence-electron chi connectivity index (χ0n) is 19.7. The fourth-order valence-electron chi connectivity index (χ4n) is 4.57. The quantitative estimate of drug-likeness (QED) is 0.434. The van der Waals surface area contributed by atoms with Crippen LogP contribution in [0, 0.1) is 19.8 Å². The van der Waals surface area contributed by atoms with Crippen molar-refractivity contribution in [1.82, 2.24) is 8.87 Å². The fourth-order valence-corrected chi connectivity index (χ4v) is 6.05. The van der Waals surface area contributed by atoms with Crippen molar-refractivity contribution in [3.8, 4) is 11.5 Å². The molecule has 2 aliphatic rings. The number of Topliss-reactive ketones (excluding diaryl/α,β-unsaturated/α-hetero) is 1. The molecule has 0 unspecified atom stereocenters. The zero-order chi connectivity index (χ0) is 24.5. The van der Waals surface area contributed by atoms with Crippen LogP contribution in [0.1, 0.15) is 41.5 Å². The Morgan fingerprint density at radius 1 is 1.06 bits per heavy atom. The van der Waals surface area contributed by atoms with E-state index in [0.717, 1.165) is 17.9 Å². The molecule has 0 amide bonds. The number of piperidine rings is 1. The minimum absolute atomic E-state index is 0.132. The van der Waals surface area contributed by atoms with Crippen LogP contribution in [-0.2, 0) is 26.1 Å². The molecular weight excluding hydrogens is 460 g/mol. The monoisotopic (exact) mass is 490 g/mol. The van der Waals surface area contributed by atoms with Crippen molar-refractivity contribution in [2.24, 2.45) is 5.92 Å². The maximum absolute atomic E-state index is 13.1. The molecule has 1 aromatic carbocycles. The van der Waals surface area contributed by atoms with Crippen LogP contribution in [-0.4, -0.2) is 62.0 Å². The van der Waals surface area contributed by atoms with Gasteiger partial charge in [0.05, 0.1) is 10.8 Å². The molecule has 2 aromatic rings. The van der Waals surface area contributed by atoms with Crippen LogP contribution in [0.15, 0.2) is 29.2 Å². The van der Waals surface area contributed by atoms with Crippen molar-refractivity contribution in [3.63, 3.8) is 0 Å². The summed E-state index contributed by atoms with van der Waals surface area (Å²) < 4.78 is 45.8. The zero-order valence-corrected chi connectivity index (χ0v) is 20.5. The van der Waals surface area contributed by atoms with Crippen LogP contribution >= 0.6 is 0 Å². The van der Waals surface area contributed by atoms with Crippen molar-refractivity contribution >= 4 is 21.8 Å². The summed E-state index contributed by atoms with van der Waals surface area (Å²) in [5.41, 5.74) is 2.41. The Morgan fingerprint density at radius 3 is 2.38 bits per heavy atom. The van der Waals surface area contributed by atoms with Crippen LogP contribution in [0.3, 0.4) is 0 Å². The van der Waals surface area contributed by atoms with E-state index in [4.69, 9.17) is 14.2 Å². The van der Waals surface area contributed by atoms with Crippen molar-refractivity contribution < 1.29 is 32.2 Å². The summed E-state index contributed by atoms with van der Waals surface area (Å²) in [6.45, 7) is 7.46. The van der Waals surface area contributed by atoms with Gasteiger partial charge < -0.3 is 18.8 Å². The van der Waals surface area contributed by atoms with E-state index in [9.17, 15) is 18.0 Å². The van der Waals surface area contributed by atoms with E-state index < -0.39 is 21.9 Å². The predicted molar refractivity (Wildman–Crippen MR) is 124 cm³/mol. The molecule has 0 aliphatic carbocycles. The number of aryl methyl sites for hydroxylation is 1. The highest BCUT2D eigenvalue weighted by Gasteiger charge is 2.34. The van der Waals surface area contributed by atoms with E-state index in [1.807, 2.05) is 31.4 Å². The molecule has 0 bridgehead atoms. The molecule has 0 radical (unpaired) electrons. The van der Waals surface area contributed by atoms with Gasteiger partial charge in [0, 0.05) is 42.7 Å². The van der Waals surface area contributed by atoms with Gasteiger partial charge in [0.2, 0.25) is 15.8 Å². The molecule has 0 saturated carbocycles. The number of benzene rings is 1. The van der Waals surface area contributed by atoms with E-state index in [1.54, 1.807) is 6.07 Å². The number of ketones is 1. The normalized spacial score (nSPS) is 16.9. The lowest BCUT2D eigenvalue weighted by Gasteiger charge is -2.30. The number of hydrogen-bond donors (Lipinski definition) is 0. The Labute approximate surface area is 199 Å². The topological polar surface area (TPSA) is 104 Å². The Morgan fingerprint density at radius 2 is 1.74 bits per heavy atom. The number of nitrogens with zero attached hydrogens (tertiary/aromatic N) is 2. The molecule has 10 heteroatoms. The van der Waals surface area contributed by atoms with Crippen LogP contribution in [0.25, 0.3) is 0 Å². The average Bonchev–Trinajstić information content (AvgIpc) is 3.14. The molecule has 1 aromatic heterocycles. The summed E-state index contributed by atoms with van der Waals surface area (Å²) in [5, 5.41) is 0. The summed E-state index contributed by atoms with van der Waals surface area (Å²) in [6, 6.07) is 6.40. The number of fused-ring (bicyclic) bond motifs is 1. The lowest BCUT2D eigenvalue weighted by atomic mass is 9.98. The summed E-state index contributed by atoms with van der Waals surface area (Å²) in [4.78, 5) is 25.3. The van der Waals surface area contributed by atoms with E-state index in [-0.39, 0.29) is 30.4 Å². The van der Waals surface area contributed by atoms with Gasteiger partial charge >= 0.3 is 5.97 Å². The first-order valence-electron chi connectivity index (χ1n) is 11.5. The van der Waals surface area contributed by atoms with Gasteiger partial charge in [-0.15, -0.1) is 0 Å². The highest BCUT2D eigenvalue weighted by Crippen LogP contribution is 2.34. The second-order valence-corrected chi connectivity index (χ2v) is 10.5. The van der Waals surface area contributed by atoms with E-state index in [0.29, 0.717) is 43.1 Å². The lowest BCUT2D eigenvalue weighted by Crippen LogP contribution is -2.40. The first-order chi connectivity index (χ1) is 16.2. The minimum Gasteiger partial charge on any atom is -0.486 e. The Bertz CT molecular complexity index is 1190. The van der Waals surface area contributed by atoms with Crippen molar-refractivity contribution in [2.75, 3.05) is 32.9 Å². The molecule has 1 fully saturated rings. The number of carbonyl (C=O) groups excluding carboxylic acids is 2. The summed E-state index contributed by atoms with van der Waals surface area (Å²) in [7, 11) is -3.73. The first-order valence-corrected chi connectivity index (χ1v) is 12.9. The highest BCUT2D eigenvalue weighted by molar-refractivity contribution is 7.89. The molecule has 184 valence electrons. The number of esters is 1. The average molecular weight is 491 g/mol. The minimum atomic E-state index is -3.73. The van der Waals surface area contributed by atoms with E-state index in [1.165, 1.54) is 16.4 Å². The van der Waals surface area contributed by atoms with Gasteiger partial charge in [-0.3, -0.25) is 9.59 Å². The van der Waals surface area contributed by atoms with Gasteiger partial charge in [0.1, 0.15) is 13.2 Å². The van der Waals surface area contributed by atoms with E-state index in [2.05, 4.69) is 0 Å². The Kier molecular flexibility index (Phi) is 6.99. The fraction of sp³-hybridized carbons (Fsp3) is 0.500. The number of ether oxygens (including phenoxy) is 3. The van der Waals surface area contributed by atoms with Gasteiger partial charge in [0.15, 0.2) is 18.1 Å². The molecule has 4 rings (SSSR count). The molecule has 9 nitrogen and oxygen atoms in total. The molecule has 1 saturated heterocycles. The number of sulfonamides is 1. The Hall–Kier alpha value is -2.85. The third-order valence-corrected chi connectivity index (χ3v) is 8.37. The molecule has 0 N–H and O–H groups in total. The number of hydrogen-bond acceptors (Lipinski definition) is 7. The SMILES string of the molecule is CCn1c(C)cc(C(=O)COC(=O)C2CCN(S(=O)(=O)c3ccc4c(c3)OCCO4)CC2)c1C. The molecule has 0 atom stereocenters.